The minimum absolute atomic E-state index is 0.0732. The molecule has 1 heterocycles. The quantitative estimate of drug-likeness (QED) is 0.782. The monoisotopic (exact) mass is 318 g/mol. The van der Waals surface area contributed by atoms with Gasteiger partial charge < -0.3 is 4.57 Å². The lowest BCUT2D eigenvalue weighted by Crippen LogP contribution is -2.34. The second kappa shape index (κ2) is 5.35. The lowest BCUT2D eigenvalue weighted by molar-refractivity contribution is 0.311. The van der Waals surface area contributed by atoms with E-state index >= 15 is 0 Å². The molecule has 6 heteroatoms. The molecule has 0 saturated heterocycles. The Balaban J connectivity index is 2.29. The molecule has 0 atom stereocenters. The van der Waals surface area contributed by atoms with Gasteiger partial charge in [-0.2, -0.15) is 0 Å². The Morgan fingerprint density at radius 3 is 2.45 bits per heavy atom. The zero-order valence-electron chi connectivity index (χ0n) is 12.6. The molecule has 0 radical (unpaired) electrons. The van der Waals surface area contributed by atoms with E-state index in [-0.39, 0.29) is 5.41 Å². The van der Waals surface area contributed by atoms with Gasteiger partial charge in [-0.15, -0.1) is 11.6 Å². The molecule has 1 aromatic heterocycles. The van der Waals surface area contributed by atoms with Gasteiger partial charge in [-0.3, -0.25) is 0 Å². The first kappa shape index (κ1) is 15.9. The van der Waals surface area contributed by atoms with Gasteiger partial charge in [0.1, 0.15) is 4.90 Å². The SMILES string of the molecule is CN(CC(C)(C)C)S(=O)(=O)c1cc(CCl)n(C2CC2)c1. The molecule has 0 amide bonds. The van der Waals surface area contributed by atoms with Crippen LogP contribution in [0.1, 0.15) is 45.3 Å². The molecular weight excluding hydrogens is 296 g/mol. The summed E-state index contributed by atoms with van der Waals surface area (Å²) in [6.07, 6.45) is 3.95. The Kier molecular flexibility index (Phi) is 4.24. The maximum Gasteiger partial charge on any atom is 0.244 e. The van der Waals surface area contributed by atoms with Gasteiger partial charge in [0.2, 0.25) is 10.0 Å². The molecule has 20 heavy (non-hydrogen) atoms. The van der Waals surface area contributed by atoms with Crippen molar-refractivity contribution in [2.24, 2.45) is 5.41 Å². The highest BCUT2D eigenvalue weighted by Crippen LogP contribution is 2.38. The van der Waals surface area contributed by atoms with E-state index in [0.717, 1.165) is 18.5 Å². The first-order valence-electron chi connectivity index (χ1n) is 6.88. The lowest BCUT2D eigenvalue weighted by Gasteiger charge is -2.25. The smallest absolute Gasteiger partial charge is 0.244 e. The van der Waals surface area contributed by atoms with Crippen LogP contribution in [0.15, 0.2) is 17.2 Å². The molecule has 0 spiro atoms. The van der Waals surface area contributed by atoms with Crippen molar-refractivity contribution in [2.45, 2.75) is 50.4 Å². The fraction of sp³-hybridized carbons (Fsp3) is 0.714. The average molecular weight is 319 g/mol. The fourth-order valence-electron chi connectivity index (χ4n) is 2.37. The maximum absolute atomic E-state index is 12.6. The molecular formula is C14H23ClN2O2S. The van der Waals surface area contributed by atoms with Crippen LogP contribution in [0.5, 0.6) is 0 Å². The highest BCUT2D eigenvalue weighted by Gasteiger charge is 2.30. The number of rotatable bonds is 5. The van der Waals surface area contributed by atoms with Gasteiger partial charge in [-0.25, -0.2) is 12.7 Å². The molecule has 0 N–H and O–H groups in total. The third kappa shape index (κ3) is 3.38. The minimum atomic E-state index is -3.44. The van der Waals surface area contributed by atoms with Crippen molar-refractivity contribution < 1.29 is 8.42 Å². The number of halogens is 1. The van der Waals surface area contributed by atoms with Crippen LogP contribution in [0, 0.1) is 5.41 Å². The molecule has 0 aliphatic heterocycles. The van der Waals surface area contributed by atoms with Crippen LogP contribution >= 0.6 is 11.6 Å². The van der Waals surface area contributed by atoms with Crippen molar-refractivity contribution in [1.29, 1.82) is 0 Å². The van der Waals surface area contributed by atoms with E-state index in [0.29, 0.717) is 23.4 Å². The van der Waals surface area contributed by atoms with Crippen molar-refractivity contribution in [2.75, 3.05) is 13.6 Å². The molecule has 0 bridgehead atoms. The van der Waals surface area contributed by atoms with Gasteiger partial charge in [-0.05, 0) is 24.3 Å². The van der Waals surface area contributed by atoms with Crippen LogP contribution in [0.3, 0.4) is 0 Å². The largest absolute Gasteiger partial charge is 0.346 e. The molecule has 1 fully saturated rings. The molecule has 1 aromatic rings. The summed E-state index contributed by atoms with van der Waals surface area (Å²) in [4.78, 5) is 0.354. The molecule has 1 aliphatic carbocycles. The summed E-state index contributed by atoms with van der Waals surface area (Å²) in [5, 5.41) is 0. The van der Waals surface area contributed by atoms with E-state index in [2.05, 4.69) is 0 Å². The highest BCUT2D eigenvalue weighted by atomic mass is 35.5. The number of alkyl halides is 1. The van der Waals surface area contributed by atoms with Crippen molar-refractivity contribution in [3.05, 3.63) is 18.0 Å². The lowest BCUT2D eigenvalue weighted by atomic mass is 9.97. The second-order valence-electron chi connectivity index (χ2n) is 6.76. The van der Waals surface area contributed by atoms with Gasteiger partial charge in [0.15, 0.2) is 0 Å². The number of hydrogen-bond donors (Lipinski definition) is 0. The number of nitrogens with zero attached hydrogens (tertiary/aromatic N) is 2. The summed E-state index contributed by atoms with van der Waals surface area (Å²) < 4.78 is 28.7. The molecule has 1 aliphatic rings. The van der Waals surface area contributed by atoms with E-state index in [1.54, 1.807) is 19.3 Å². The van der Waals surface area contributed by atoms with E-state index < -0.39 is 10.0 Å². The predicted octanol–water partition coefficient (Wildman–Crippen LogP) is 3.23. The van der Waals surface area contributed by atoms with Gasteiger partial charge in [-0.1, -0.05) is 20.8 Å². The van der Waals surface area contributed by atoms with Gasteiger partial charge >= 0.3 is 0 Å². The number of sulfonamides is 1. The summed E-state index contributed by atoms with van der Waals surface area (Å²) in [6.45, 7) is 6.57. The van der Waals surface area contributed by atoms with Crippen LogP contribution in [0.25, 0.3) is 0 Å². The maximum atomic E-state index is 12.6. The van der Waals surface area contributed by atoms with Crippen LogP contribution in [-0.4, -0.2) is 30.9 Å². The van der Waals surface area contributed by atoms with Crippen LogP contribution in [-0.2, 0) is 15.9 Å². The third-order valence-electron chi connectivity index (χ3n) is 3.39. The summed E-state index contributed by atoms with van der Waals surface area (Å²) in [6, 6.07) is 2.14. The fourth-order valence-corrected chi connectivity index (χ4v) is 4.03. The molecule has 2 rings (SSSR count). The Morgan fingerprint density at radius 2 is 2.00 bits per heavy atom. The first-order valence-corrected chi connectivity index (χ1v) is 8.85. The van der Waals surface area contributed by atoms with Crippen LogP contribution in [0.2, 0.25) is 0 Å². The standard InChI is InChI=1S/C14H23ClN2O2S/c1-14(2,3)10-16(4)20(18,19)13-7-12(8-15)17(9-13)11-5-6-11/h7,9,11H,5-6,8,10H2,1-4H3. The second-order valence-corrected chi connectivity index (χ2v) is 9.07. The van der Waals surface area contributed by atoms with Crippen molar-refractivity contribution in [1.82, 2.24) is 8.87 Å². The molecule has 1 saturated carbocycles. The Bertz CT molecular complexity index is 583. The van der Waals surface area contributed by atoms with Gasteiger partial charge in [0.25, 0.3) is 0 Å². The average Bonchev–Trinajstić information content (AvgIpc) is 3.05. The van der Waals surface area contributed by atoms with Crippen molar-refractivity contribution >= 4 is 21.6 Å². The zero-order valence-corrected chi connectivity index (χ0v) is 14.1. The third-order valence-corrected chi connectivity index (χ3v) is 5.43. The summed E-state index contributed by atoms with van der Waals surface area (Å²) in [7, 11) is -1.80. The molecule has 0 aromatic carbocycles. The topological polar surface area (TPSA) is 42.3 Å². The predicted molar refractivity (Wildman–Crippen MR) is 81.5 cm³/mol. The van der Waals surface area contributed by atoms with Crippen LogP contribution < -0.4 is 0 Å². The van der Waals surface area contributed by atoms with E-state index in [1.165, 1.54) is 4.31 Å². The van der Waals surface area contributed by atoms with E-state index in [9.17, 15) is 8.42 Å². The summed E-state index contributed by atoms with van der Waals surface area (Å²) in [5.41, 5.74) is 0.813. The minimum Gasteiger partial charge on any atom is -0.346 e. The number of hydrogen-bond acceptors (Lipinski definition) is 2. The normalized spacial score (nSPS) is 16.9. The Labute approximate surface area is 126 Å². The van der Waals surface area contributed by atoms with Gasteiger partial charge in [0, 0.05) is 31.5 Å². The highest BCUT2D eigenvalue weighted by molar-refractivity contribution is 7.89. The first-order chi connectivity index (χ1) is 9.15. The zero-order chi connectivity index (χ0) is 15.1. The van der Waals surface area contributed by atoms with Gasteiger partial charge in [0.05, 0.1) is 5.88 Å². The Hall–Kier alpha value is -0.520. The summed E-state index contributed by atoms with van der Waals surface area (Å²) in [5.74, 6) is 0.342. The molecule has 0 unspecified atom stereocenters. The Morgan fingerprint density at radius 1 is 1.40 bits per heavy atom. The molecule has 114 valence electrons. The van der Waals surface area contributed by atoms with E-state index in [1.807, 2.05) is 25.3 Å². The summed E-state index contributed by atoms with van der Waals surface area (Å²) >= 11 is 5.92. The molecule has 4 nitrogen and oxygen atoms in total. The number of aromatic nitrogens is 1. The van der Waals surface area contributed by atoms with Crippen molar-refractivity contribution in [3.8, 4) is 0 Å². The van der Waals surface area contributed by atoms with E-state index in [4.69, 9.17) is 11.6 Å². The van der Waals surface area contributed by atoms with Crippen molar-refractivity contribution in [3.63, 3.8) is 0 Å². The van der Waals surface area contributed by atoms with Crippen LogP contribution in [0.4, 0.5) is 0 Å².